The Bertz CT molecular complexity index is 370. The summed E-state index contributed by atoms with van der Waals surface area (Å²) in [6.07, 6.45) is -4.03. The van der Waals surface area contributed by atoms with Crippen LogP contribution in [0.4, 0.5) is 23.2 Å². The zero-order valence-corrected chi connectivity index (χ0v) is 7.08. The average molecular weight is 205 g/mol. The highest BCUT2D eigenvalue weighted by atomic mass is 19.4. The van der Waals surface area contributed by atoms with E-state index in [1.807, 2.05) is 0 Å². The SMILES string of the molecule is Fc1cc(C(F)(F)F)cc2c1NCC2. The summed E-state index contributed by atoms with van der Waals surface area (Å²) in [6, 6.07) is 1.52. The van der Waals surface area contributed by atoms with Crippen LogP contribution in [0.3, 0.4) is 0 Å². The summed E-state index contributed by atoms with van der Waals surface area (Å²) in [5, 5.41) is 2.70. The highest BCUT2D eigenvalue weighted by molar-refractivity contribution is 5.58. The number of alkyl halides is 3. The van der Waals surface area contributed by atoms with Crippen molar-refractivity contribution in [1.29, 1.82) is 0 Å². The molecule has 0 spiro atoms. The fourth-order valence-corrected chi connectivity index (χ4v) is 1.54. The third kappa shape index (κ3) is 1.42. The van der Waals surface area contributed by atoms with Crippen molar-refractivity contribution in [3.8, 4) is 0 Å². The van der Waals surface area contributed by atoms with Gasteiger partial charge < -0.3 is 5.32 Å². The summed E-state index contributed by atoms with van der Waals surface area (Å²) in [5.41, 5.74) is -0.312. The van der Waals surface area contributed by atoms with Crippen molar-refractivity contribution in [3.05, 3.63) is 29.1 Å². The van der Waals surface area contributed by atoms with E-state index in [1.54, 1.807) is 0 Å². The number of rotatable bonds is 0. The Balaban J connectivity index is 2.52. The van der Waals surface area contributed by atoms with E-state index in [2.05, 4.69) is 5.32 Å². The molecule has 0 saturated carbocycles. The highest BCUT2D eigenvalue weighted by Gasteiger charge is 2.32. The predicted molar refractivity (Wildman–Crippen MR) is 43.6 cm³/mol. The van der Waals surface area contributed by atoms with Crippen LogP contribution >= 0.6 is 0 Å². The number of nitrogens with one attached hydrogen (secondary N) is 1. The fraction of sp³-hybridized carbons (Fsp3) is 0.333. The number of hydrogen-bond acceptors (Lipinski definition) is 1. The monoisotopic (exact) mass is 205 g/mol. The second-order valence-electron chi connectivity index (χ2n) is 3.17. The van der Waals surface area contributed by atoms with Crippen molar-refractivity contribution >= 4 is 5.69 Å². The molecule has 0 fully saturated rings. The molecule has 1 aromatic rings. The molecule has 2 rings (SSSR count). The van der Waals surface area contributed by atoms with E-state index in [0.717, 1.165) is 6.07 Å². The van der Waals surface area contributed by atoms with Crippen molar-refractivity contribution < 1.29 is 17.6 Å². The first-order valence-electron chi connectivity index (χ1n) is 4.12. The minimum atomic E-state index is -4.47. The van der Waals surface area contributed by atoms with Crippen molar-refractivity contribution in [2.24, 2.45) is 0 Å². The molecule has 0 radical (unpaired) electrons. The molecule has 5 heteroatoms. The van der Waals surface area contributed by atoms with Gasteiger partial charge in [-0.15, -0.1) is 0 Å². The smallest absolute Gasteiger partial charge is 0.382 e. The molecule has 0 aromatic heterocycles. The Hall–Kier alpha value is -1.26. The molecule has 0 bridgehead atoms. The van der Waals surface area contributed by atoms with Crippen LogP contribution in [0.1, 0.15) is 11.1 Å². The number of hydrogen-bond donors (Lipinski definition) is 1. The second-order valence-corrected chi connectivity index (χ2v) is 3.17. The zero-order valence-electron chi connectivity index (χ0n) is 7.08. The van der Waals surface area contributed by atoms with Crippen molar-refractivity contribution in [3.63, 3.8) is 0 Å². The standard InChI is InChI=1S/C9H7F4N/c10-7-4-6(9(11,12)13)3-5-1-2-14-8(5)7/h3-4,14H,1-2H2. The Morgan fingerprint density at radius 2 is 1.93 bits per heavy atom. The molecular formula is C9H7F4N. The molecular weight excluding hydrogens is 198 g/mol. The quantitative estimate of drug-likeness (QED) is 0.642. The second kappa shape index (κ2) is 2.87. The lowest BCUT2D eigenvalue weighted by Gasteiger charge is -2.09. The molecule has 14 heavy (non-hydrogen) atoms. The van der Waals surface area contributed by atoms with Gasteiger partial charge in [0.25, 0.3) is 0 Å². The van der Waals surface area contributed by atoms with Crippen LogP contribution < -0.4 is 5.32 Å². The van der Waals surface area contributed by atoms with Gasteiger partial charge in [0.05, 0.1) is 11.3 Å². The van der Waals surface area contributed by atoms with Crippen LogP contribution in [0.15, 0.2) is 12.1 Å². The highest BCUT2D eigenvalue weighted by Crippen LogP contribution is 2.35. The lowest BCUT2D eigenvalue weighted by atomic mass is 10.1. The molecule has 0 atom stereocenters. The molecule has 1 nitrogen and oxygen atoms in total. The van der Waals surface area contributed by atoms with E-state index in [0.29, 0.717) is 24.6 Å². The van der Waals surface area contributed by atoms with Crippen molar-refractivity contribution in [2.45, 2.75) is 12.6 Å². The van der Waals surface area contributed by atoms with E-state index >= 15 is 0 Å². The van der Waals surface area contributed by atoms with Crippen LogP contribution in [0.2, 0.25) is 0 Å². The van der Waals surface area contributed by atoms with Crippen LogP contribution in [0, 0.1) is 5.82 Å². The zero-order chi connectivity index (χ0) is 10.3. The minimum Gasteiger partial charge on any atom is -0.382 e. The van der Waals surface area contributed by atoms with Gasteiger partial charge in [-0.25, -0.2) is 4.39 Å². The molecule has 1 heterocycles. The summed E-state index contributed by atoms with van der Waals surface area (Å²) in [6.45, 7) is 0.494. The minimum absolute atomic E-state index is 0.206. The van der Waals surface area contributed by atoms with Crippen LogP contribution in [-0.2, 0) is 12.6 Å². The predicted octanol–water partition coefficient (Wildman–Crippen LogP) is 2.81. The van der Waals surface area contributed by atoms with E-state index in [-0.39, 0.29) is 5.69 Å². The first kappa shape index (κ1) is 9.30. The van der Waals surface area contributed by atoms with Gasteiger partial charge in [-0.05, 0) is 24.1 Å². The Morgan fingerprint density at radius 1 is 1.21 bits per heavy atom. The summed E-state index contributed by atoms with van der Waals surface area (Å²) in [5.74, 6) is -0.827. The van der Waals surface area contributed by atoms with Crippen LogP contribution in [0.5, 0.6) is 0 Å². The van der Waals surface area contributed by atoms with Gasteiger partial charge >= 0.3 is 6.18 Å². The first-order valence-corrected chi connectivity index (χ1v) is 4.12. The van der Waals surface area contributed by atoms with E-state index in [4.69, 9.17) is 0 Å². The molecule has 76 valence electrons. The van der Waals surface area contributed by atoms with Gasteiger partial charge in [-0.3, -0.25) is 0 Å². The van der Waals surface area contributed by atoms with Gasteiger partial charge in [-0.1, -0.05) is 0 Å². The van der Waals surface area contributed by atoms with Gasteiger partial charge in [0.15, 0.2) is 0 Å². The largest absolute Gasteiger partial charge is 0.416 e. The number of benzene rings is 1. The molecule has 0 aliphatic carbocycles. The van der Waals surface area contributed by atoms with E-state index in [9.17, 15) is 17.6 Å². The summed E-state index contributed by atoms with van der Waals surface area (Å²) in [7, 11) is 0. The van der Waals surface area contributed by atoms with Crippen molar-refractivity contribution in [2.75, 3.05) is 11.9 Å². The summed E-state index contributed by atoms with van der Waals surface area (Å²) in [4.78, 5) is 0. The first-order chi connectivity index (χ1) is 6.48. The van der Waals surface area contributed by atoms with Crippen LogP contribution in [-0.4, -0.2) is 6.54 Å². The van der Waals surface area contributed by atoms with E-state index < -0.39 is 17.6 Å². The maximum absolute atomic E-state index is 13.1. The molecule has 1 aliphatic rings. The molecule has 1 aromatic carbocycles. The van der Waals surface area contributed by atoms with E-state index in [1.165, 1.54) is 0 Å². The summed E-state index contributed by atoms with van der Waals surface area (Å²) >= 11 is 0. The van der Waals surface area contributed by atoms with Crippen molar-refractivity contribution in [1.82, 2.24) is 0 Å². The average Bonchev–Trinajstić information content (AvgIpc) is 2.50. The molecule has 1 N–H and O–H groups in total. The Labute approximate surface area is 77.7 Å². The number of halogens is 4. The normalized spacial score (nSPS) is 15.1. The third-order valence-corrected chi connectivity index (χ3v) is 2.20. The molecule has 1 aliphatic heterocycles. The third-order valence-electron chi connectivity index (χ3n) is 2.20. The summed E-state index contributed by atoms with van der Waals surface area (Å²) < 4.78 is 49.9. The molecule has 0 amide bonds. The topological polar surface area (TPSA) is 12.0 Å². The fourth-order valence-electron chi connectivity index (χ4n) is 1.54. The lowest BCUT2D eigenvalue weighted by molar-refractivity contribution is -0.137. The Morgan fingerprint density at radius 3 is 2.57 bits per heavy atom. The molecule has 0 unspecified atom stereocenters. The molecule has 0 saturated heterocycles. The van der Waals surface area contributed by atoms with Gasteiger partial charge in [-0.2, -0.15) is 13.2 Å². The van der Waals surface area contributed by atoms with Crippen LogP contribution in [0.25, 0.3) is 0 Å². The van der Waals surface area contributed by atoms with Gasteiger partial charge in [0, 0.05) is 6.54 Å². The Kier molecular flexibility index (Phi) is 1.90. The maximum atomic E-state index is 13.1. The van der Waals surface area contributed by atoms with Gasteiger partial charge in [0.1, 0.15) is 5.82 Å². The lowest BCUT2D eigenvalue weighted by Crippen LogP contribution is -2.06. The maximum Gasteiger partial charge on any atom is 0.416 e. The number of fused-ring (bicyclic) bond motifs is 1. The van der Waals surface area contributed by atoms with Gasteiger partial charge in [0.2, 0.25) is 0 Å². The number of anilines is 1.